The monoisotopic (exact) mass is 325 g/mol. The molecule has 2 bridgehead atoms. The summed E-state index contributed by atoms with van der Waals surface area (Å²) in [5, 5.41) is 0. The van der Waals surface area contributed by atoms with Crippen LogP contribution in [-0.2, 0) is 16.0 Å². The van der Waals surface area contributed by atoms with Crippen LogP contribution < -0.4 is 0 Å². The van der Waals surface area contributed by atoms with Crippen LogP contribution in [0.2, 0.25) is 0 Å². The zero-order valence-corrected chi connectivity index (χ0v) is 14.0. The predicted molar refractivity (Wildman–Crippen MR) is 90.2 cm³/mol. The van der Waals surface area contributed by atoms with Crippen LogP contribution in [0.3, 0.4) is 0 Å². The third-order valence-corrected chi connectivity index (χ3v) is 5.78. The van der Waals surface area contributed by atoms with E-state index in [2.05, 4.69) is 18.2 Å². The Morgan fingerprint density at radius 2 is 2.04 bits per heavy atom. The zero-order chi connectivity index (χ0) is 16.7. The molecule has 4 aliphatic rings. The first-order chi connectivity index (χ1) is 11.6. The number of rotatable bonds is 4. The summed E-state index contributed by atoms with van der Waals surface area (Å²) in [6.07, 6.45) is 5.78. The van der Waals surface area contributed by atoms with E-state index in [-0.39, 0.29) is 29.8 Å². The molecule has 1 aromatic rings. The molecule has 5 rings (SSSR count). The Hall–Kier alpha value is -2.10. The topological polar surface area (TPSA) is 46.6 Å². The predicted octanol–water partition coefficient (Wildman–Crippen LogP) is 3.57. The largest absolute Gasteiger partial charge is 0.447 e. The van der Waals surface area contributed by atoms with Gasteiger partial charge in [0.2, 0.25) is 0 Å². The van der Waals surface area contributed by atoms with E-state index in [0.717, 1.165) is 31.4 Å². The van der Waals surface area contributed by atoms with E-state index >= 15 is 0 Å². The molecular weight excluding hydrogens is 302 g/mol. The van der Waals surface area contributed by atoms with Crippen LogP contribution in [0.1, 0.15) is 31.7 Å². The quantitative estimate of drug-likeness (QED) is 0.850. The SMILES string of the molecule is CC(=O)[C@@H]1C[C@H]2CC[C@@H]1C=C2N1C(=O)OC[C@H]1Cc1ccccc1. The highest BCUT2D eigenvalue weighted by molar-refractivity contribution is 5.79. The highest BCUT2D eigenvalue weighted by Gasteiger charge is 2.45. The van der Waals surface area contributed by atoms with Gasteiger partial charge in [-0.25, -0.2) is 4.79 Å². The molecule has 126 valence electrons. The van der Waals surface area contributed by atoms with Crippen molar-refractivity contribution >= 4 is 11.9 Å². The van der Waals surface area contributed by atoms with Gasteiger partial charge in [0.05, 0.1) is 6.04 Å². The van der Waals surface area contributed by atoms with Crippen molar-refractivity contribution in [1.29, 1.82) is 0 Å². The number of hydrogen-bond acceptors (Lipinski definition) is 3. The fourth-order valence-electron chi connectivity index (χ4n) is 4.58. The minimum atomic E-state index is -0.228. The van der Waals surface area contributed by atoms with Crippen LogP contribution in [0.5, 0.6) is 0 Å². The van der Waals surface area contributed by atoms with E-state index in [1.807, 2.05) is 23.1 Å². The molecule has 2 fully saturated rings. The first-order valence-electron chi connectivity index (χ1n) is 8.85. The Bertz CT molecular complexity index is 681. The van der Waals surface area contributed by atoms with E-state index in [9.17, 15) is 9.59 Å². The summed E-state index contributed by atoms with van der Waals surface area (Å²) in [7, 11) is 0. The number of Topliss-reactive ketones (excluding diaryl/α,β-unsaturated/α-hetero) is 1. The third kappa shape index (κ3) is 2.64. The number of ketones is 1. The highest BCUT2D eigenvalue weighted by Crippen LogP contribution is 2.47. The molecule has 0 N–H and O–H groups in total. The summed E-state index contributed by atoms with van der Waals surface area (Å²) < 4.78 is 5.36. The highest BCUT2D eigenvalue weighted by atomic mass is 16.6. The molecule has 1 saturated heterocycles. The van der Waals surface area contributed by atoms with E-state index in [0.29, 0.717) is 12.5 Å². The lowest BCUT2D eigenvalue weighted by Gasteiger charge is -2.43. The second kappa shape index (κ2) is 6.08. The molecule has 1 aliphatic heterocycles. The van der Waals surface area contributed by atoms with Gasteiger partial charge in [-0.3, -0.25) is 9.69 Å². The summed E-state index contributed by atoms with van der Waals surface area (Å²) in [4.78, 5) is 26.1. The van der Waals surface area contributed by atoms with Crippen LogP contribution in [0, 0.1) is 17.8 Å². The van der Waals surface area contributed by atoms with Crippen molar-refractivity contribution in [3.8, 4) is 0 Å². The van der Waals surface area contributed by atoms with Crippen LogP contribution in [0.15, 0.2) is 42.1 Å². The summed E-state index contributed by atoms with van der Waals surface area (Å²) >= 11 is 0. The zero-order valence-electron chi connectivity index (χ0n) is 14.0. The molecule has 4 nitrogen and oxygen atoms in total. The van der Waals surface area contributed by atoms with Gasteiger partial charge in [-0.2, -0.15) is 0 Å². The van der Waals surface area contributed by atoms with Gasteiger partial charge < -0.3 is 4.74 Å². The second-order valence-electron chi connectivity index (χ2n) is 7.27. The second-order valence-corrected chi connectivity index (χ2v) is 7.27. The molecule has 0 spiro atoms. The number of allylic oxidation sites excluding steroid dienone is 2. The number of hydrogen-bond donors (Lipinski definition) is 0. The van der Waals surface area contributed by atoms with Crippen molar-refractivity contribution in [2.45, 2.75) is 38.6 Å². The maximum Gasteiger partial charge on any atom is 0.414 e. The Morgan fingerprint density at radius 1 is 1.25 bits per heavy atom. The maximum absolute atomic E-state index is 12.4. The summed E-state index contributed by atoms with van der Waals surface area (Å²) in [6.45, 7) is 2.14. The minimum absolute atomic E-state index is 0.0567. The lowest BCUT2D eigenvalue weighted by Crippen LogP contribution is -2.43. The lowest BCUT2D eigenvalue weighted by atomic mass is 9.66. The number of carbonyl (C=O) groups is 2. The molecule has 1 heterocycles. The van der Waals surface area contributed by atoms with Gasteiger partial charge in [-0.15, -0.1) is 0 Å². The van der Waals surface area contributed by atoms with E-state index in [4.69, 9.17) is 4.74 Å². The number of cyclic esters (lactones) is 1. The fourth-order valence-corrected chi connectivity index (χ4v) is 4.58. The van der Waals surface area contributed by atoms with Gasteiger partial charge in [0.1, 0.15) is 12.4 Å². The normalized spacial score (nSPS) is 31.8. The summed E-state index contributed by atoms with van der Waals surface area (Å²) in [5.41, 5.74) is 2.32. The van der Waals surface area contributed by atoms with Crippen LogP contribution in [0.25, 0.3) is 0 Å². The van der Waals surface area contributed by atoms with Gasteiger partial charge in [0.25, 0.3) is 0 Å². The fraction of sp³-hybridized carbons (Fsp3) is 0.500. The molecule has 1 aromatic carbocycles. The maximum atomic E-state index is 12.4. The van der Waals surface area contributed by atoms with Gasteiger partial charge in [-0.05, 0) is 50.0 Å². The summed E-state index contributed by atoms with van der Waals surface area (Å²) in [6, 6.07) is 10.3. The molecule has 4 heteroatoms. The van der Waals surface area contributed by atoms with Crippen molar-refractivity contribution in [3.63, 3.8) is 0 Å². The third-order valence-electron chi connectivity index (χ3n) is 5.78. The first-order valence-corrected chi connectivity index (χ1v) is 8.85. The molecule has 24 heavy (non-hydrogen) atoms. The molecule has 0 unspecified atom stereocenters. The van der Waals surface area contributed by atoms with Gasteiger partial charge in [0.15, 0.2) is 0 Å². The smallest absolute Gasteiger partial charge is 0.414 e. The van der Waals surface area contributed by atoms with E-state index in [1.54, 1.807) is 6.92 Å². The van der Waals surface area contributed by atoms with Crippen LogP contribution in [-0.4, -0.2) is 29.4 Å². The van der Waals surface area contributed by atoms with Gasteiger partial charge in [-0.1, -0.05) is 36.4 Å². The number of benzene rings is 1. The van der Waals surface area contributed by atoms with Crippen molar-refractivity contribution < 1.29 is 14.3 Å². The molecule has 3 aliphatic carbocycles. The van der Waals surface area contributed by atoms with Crippen LogP contribution >= 0.6 is 0 Å². The first kappa shape index (κ1) is 15.4. The number of carbonyl (C=O) groups excluding carboxylic acids is 2. The summed E-state index contributed by atoms with van der Waals surface area (Å²) in [5.74, 6) is 1.02. The minimum Gasteiger partial charge on any atom is -0.447 e. The van der Waals surface area contributed by atoms with E-state index < -0.39 is 0 Å². The molecule has 0 aromatic heterocycles. The van der Waals surface area contributed by atoms with E-state index in [1.165, 1.54) is 5.56 Å². The number of ether oxygens (including phenoxy) is 1. The molecule has 1 saturated carbocycles. The Balaban J connectivity index is 1.59. The molecular formula is C20H23NO3. The number of amides is 1. The van der Waals surface area contributed by atoms with Crippen LogP contribution in [0.4, 0.5) is 4.79 Å². The Labute approximate surface area is 142 Å². The standard InChI is InChI=1S/C20H23NO3/c1-13(22)18-10-16-8-7-15(18)11-19(16)21-17(12-24-20(21)23)9-14-5-3-2-4-6-14/h2-6,11,15-18H,7-10,12H2,1H3/t15-,16-,17-,18+/m1/s1. The Kier molecular flexibility index (Phi) is 3.91. The van der Waals surface area contributed by atoms with Gasteiger partial charge >= 0.3 is 6.09 Å². The Morgan fingerprint density at radius 3 is 2.71 bits per heavy atom. The molecule has 0 radical (unpaired) electrons. The van der Waals surface area contributed by atoms with Gasteiger partial charge in [0, 0.05) is 11.6 Å². The number of nitrogens with zero attached hydrogens (tertiary/aromatic N) is 1. The van der Waals surface area contributed by atoms with Crippen molar-refractivity contribution in [1.82, 2.24) is 4.90 Å². The lowest BCUT2D eigenvalue weighted by molar-refractivity contribution is -0.123. The average molecular weight is 325 g/mol. The van der Waals surface area contributed by atoms with Crippen molar-refractivity contribution in [2.24, 2.45) is 17.8 Å². The van der Waals surface area contributed by atoms with Crippen molar-refractivity contribution in [2.75, 3.05) is 6.61 Å². The molecule has 4 atom stereocenters. The molecule has 1 amide bonds. The average Bonchev–Trinajstić information content (AvgIpc) is 2.96. The number of fused-ring (bicyclic) bond motifs is 2. The van der Waals surface area contributed by atoms with Crippen molar-refractivity contribution in [3.05, 3.63) is 47.7 Å².